The molecule has 0 saturated heterocycles. The molecular formula is C7H10ClN3. The quantitative estimate of drug-likeness (QED) is 0.701. The van der Waals surface area contributed by atoms with Crippen LogP contribution in [0, 0.1) is 0 Å². The van der Waals surface area contributed by atoms with Crippen LogP contribution in [0.15, 0.2) is 18.5 Å². The molecule has 1 aromatic rings. The molecule has 1 unspecified atom stereocenters. The molecule has 11 heavy (non-hydrogen) atoms. The Morgan fingerprint density at radius 2 is 2.18 bits per heavy atom. The van der Waals surface area contributed by atoms with Gasteiger partial charge in [-0.1, -0.05) is 0 Å². The normalized spacial score (nSPS) is 12.5. The van der Waals surface area contributed by atoms with E-state index in [2.05, 4.69) is 15.3 Å². The standard InChI is InChI=1S/C7H10ClN3/c1-6(5-8)11-7-9-3-2-4-10-7/h2-4,6H,5H2,1H3,(H,9,10,11). The highest BCUT2D eigenvalue weighted by Gasteiger charge is 1.99. The SMILES string of the molecule is CC(CCl)Nc1ncccn1. The van der Waals surface area contributed by atoms with Crippen molar-refractivity contribution in [2.75, 3.05) is 11.2 Å². The van der Waals surface area contributed by atoms with Crippen molar-refractivity contribution in [3.8, 4) is 0 Å². The van der Waals surface area contributed by atoms with E-state index in [0.717, 1.165) is 0 Å². The Balaban J connectivity index is 2.51. The first-order valence-electron chi connectivity index (χ1n) is 3.42. The third kappa shape index (κ3) is 2.72. The van der Waals surface area contributed by atoms with Crippen molar-refractivity contribution in [3.63, 3.8) is 0 Å². The maximum absolute atomic E-state index is 5.58. The Bertz CT molecular complexity index is 202. The number of hydrogen-bond acceptors (Lipinski definition) is 3. The van der Waals surface area contributed by atoms with Gasteiger partial charge in [-0.05, 0) is 13.0 Å². The number of nitrogens with zero attached hydrogens (tertiary/aromatic N) is 2. The summed E-state index contributed by atoms with van der Waals surface area (Å²) in [6.07, 6.45) is 3.38. The second kappa shape index (κ2) is 4.13. The molecule has 1 atom stereocenters. The van der Waals surface area contributed by atoms with Crippen LogP contribution >= 0.6 is 11.6 Å². The van der Waals surface area contributed by atoms with E-state index in [4.69, 9.17) is 11.6 Å². The zero-order valence-corrected chi connectivity index (χ0v) is 7.04. The lowest BCUT2D eigenvalue weighted by Gasteiger charge is -2.08. The lowest BCUT2D eigenvalue weighted by Crippen LogP contribution is -2.18. The van der Waals surface area contributed by atoms with E-state index in [-0.39, 0.29) is 6.04 Å². The van der Waals surface area contributed by atoms with Gasteiger partial charge in [-0.25, -0.2) is 9.97 Å². The van der Waals surface area contributed by atoms with Gasteiger partial charge in [-0.15, -0.1) is 11.6 Å². The smallest absolute Gasteiger partial charge is 0.222 e. The lowest BCUT2D eigenvalue weighted by molar-refractivity contribution is 0.881. The third-order valence-electron chi connectivity index (χ3n) is 1.17. The van der Waals surface area contributed by atoms with Crippen LogP contribution in [-0.4, -0.2) is 21.9 Å². The molecule has 4 heteroatoms. The maximum Gasteiger partial charge on any atom is 0.222 e. The maximum atomic E-state index is 5.58. The molecular weight excluding hydrogens is 162 g/mol. The largest absolute Gasteiger partial charge is 0.351 e. The van der Waals surface area contributed by atoms with Gasteiger partial charge in [-0.3, -0.25) is 0 Å². The van der Waals surface area contributed by atoms with Crippen molar-refractivity contribution < 1.29 is 0 Å². The summed E-state index contributed by atoms with van der Waals surface area (Å²) in [5, 5.41) is 3.04. The van der Waals surface area contributed by atoms with Gasteiger partial charge in [0.1, 0.15) is 0 Å². The van der Waals surface area contributed by atoms with E-state index in [9.17, 15) is 0 Å². The van der Waals surface area contributed by atoms with E-state index < -0.39 is 0 Å². The number of alkyl halides is 1. The molecule has 0 aliphatic heterocycles. The zero-order valence-electron chi connectivity index (χ0n) is 6.29. The number of rotatable bonds is 3. The van der Waals surface area contributed by atoms with Crippen molar-refractivity contribution >= 4 is 17.5 Å². The second-order valence-electron chi connectivity index (χ2n) is 2.27. The first-order valence-corrected chi connectivity index (χ1v) is 3.96. The highest BCUT2D eigenvalue weighted by molar-refractivity contribution is 6.18. The average molecular weight is 172 g/mol. The number of aromatic nitrogens is 2. The van der Waals surface area contributed by atoms with Crippen LogP contribution in [0.4, 0.5) is 5.95 Å². The Morgan fingerprint density at radius 3 is 2.73 bits per heavy atom. The summed E-state index contributed by atoms with van der Waals surface area (Å²) in [5.74, 6) is 1.18. The van der Waals surface area contributed by atoms with Gasteiger partial charge >= 0.3 is 0 Å². The van der Waals surface area contributed by atoms with E-state index in [1.807, 2.05) is 6.92 Å². The van der Waals surface area contributed by atoms with Gasteiger partial charge < -0.3 is 5.32 Å². The second-order valence-corrected chi connectivity index (χ2v) is 2.58. The summed E-state index contributed by atoms with van der Waals surface area (Å²) in [4.78, 5) is 7.97. The van der Waals surface area contributed by atoms with E-state index in [0.29, 0.717) is 11.8 Å². The fourth-order valence-corrected chi connectivity index (χ4v) is 0.710. The Labute approximate surface area is 70.8 Å². The monoisotopic (exact) mass is 171 g/mol. The first kappa shape index (κ1) is 8.27. The minimum atomic E-state index is 0.207. The zero-order chi connectivity index (χ0) is 8.10. The number of nitrogens with one attached hydrogen (secondary N) is 1. The number of halogens is 1. The summed E-state index contributed by atoms with van der Waals surface area (Å²) in [7, 11) is 0. The summed E-state index contributed by atoms with van der Waals surface area (Å²) in [6.45, 7) is 1.98. The number of hydrogen-bond donors (Lipinski definition) is 1. The van der Waals surface area contributed by atoms with Crippen molar-refractivity contribution in [1.29, 1.82) is 0 Å². The van der Waals surface area contributed by atoms with Crippen molar-refractivity contribution in [1.82, 2.24) is 9.97 Å². The molecule has 0 radical (unpaired) electrons. The molecule has 60 valence electrons. The molecule has 0 fully saturated rings. The van der Waals surface area contributed by atoms with Gasteiger partial charge in [0.2, 0.25) is 5.95 Å². The molecule has 0 aliphatic carbocycles. The molecule has 0 aromatic carbocycles. The molecule has 0 bridgehead atoms. The first-order chi connectivity index (χ1) is 5.33. The van der Waals surface area contributed by atoms with Crippen LogP contribution in [-0.2, 0) is 0 Å². The molecule has 0 spiro atoms. The van der Waals surface area contributed by atoms with E-state index in [1.54, 1.807) is 18.5 Å². The number of anilines is 1. The average Bonchev–Trinajstić information content (AvgIpc) is 2.06. The Hall–Kier alpha value is -0.830. The van der Waals surface area contributed by atoms with E-state index >= 15 is 0 Å². The molecule has 0 amide bonds. The summed E-state index contributed by atoms with van der Waals surface area (Å²) in [6, 6.07) is 1.98. The van der Waals surface area contributed by atoms with Gasteiger partial charge in [0.15, 0.2) is 0 Å². The van der Waals surface area contributed by atoms with E-state index in [1.165, 1.54) is 0 Å². The fraction of sp³-hybridized carbons (Fsp3) is 0.429. The van der Waals surface area contributed by atoms with Crippen molar-refractivity contribution in [2.45, 2.75) is 13.0 Å². The fourth-order valence-electron chi connectivity index (χ4n) is 0.633. The van der Waals surface area contributed by atoms with Crippen molar-refractivity contribution in [2.24, 2.45) is 0 Å². The summed E-state index contributed by atoms with van der Waals surface area (Å²) < 4.78 is 0. The van der Waals surface area contributed by atoms with Gasteiger partial charge in [0.05, 0.1) is 0 Å². The van der Waals surface area contributed by atoms with Gasteiger partial charge in [-0.2, -0.15) is 0 Å². The van der Waals surface area contributed by atoms with Crippen molar-refractivity contribution in [3.05, 3.63) is 18.5 Å². The molecule has 0 saturated carbocycles. The van der Waals surface area contributed by atoms with Crippen LogP contribution in [0.3, 0.4) is 0 Å². The minimum Gasteiger partial charge on any atom is -0.351 e. The molecule has 1 rings (SSSR count). The summed E-state index contributed by atoms with van der Waals surface area (Å²) >= 11 is 5.58. The Morgan fingerprint density at radius 1 is 1.55 bits per heavy atom. The third-order valence-corrected chi connectivity index (χ3v) is 1.64. The van der Waals surface area contributed by atoms with Crippen LogP contribution in [0.5, 0.6) is 0 Å². The molecule has 1 heterocycles. The Kier molecular flexibility index (Phi) is 3.11. The predicted octanol–water partition coefficient (Wildman–Crippen LogP) is 1.52. The lowest BCUT2D eigenvalue weighted by atomic mass is 10.4. The van der Waals surface area contributed by atoms with Gasteiger partial charge in [0, 0.05) is 24.3 Å². The molecule has 0 aliphatic rings. The van der Waals surface area contributed by atoms with Crippen LogP contribution in [0.25, 0.3) is 0 Å². The minimum absolute atomic E-state index is 0.207. The topological polar surface area (TPSA) is 37.8 Å². The molecule has 3 nitrogen and oxygen atoms in total. The predicted molar refractivity (Wildman–Crippen MR) is 45.8 cm³/mol. The van der Waals surface area contributed by atoms with Crippen LogP contribution in [0.1, 0.15) is 6.92 Å². The van der Waals surface area contributed by atoms with Gasteiger partial charge in [0.25, 0.3) is 0 Å². The van der Waals surface area contributed by atoms with Crippen LogP contribution in [0.2, 0.25) is 0 Å². The highest BCUT2D eigenvalue weighted by Crippen LogP contribution is 1.98. The van der Waals surface area contributed by atoms with Crippen LogP contribution < -0.4 is 5.32 Å². The highest BCUT2D eigenvalue weighted by atomic mass is 35.5. The molecule has 1 aromatic heterocycles. The summed E-state index contributed by atoms with van der Waals surface area (Å²) in [5.41, 5.74) is 0. The molecule has 1 N–H and O–H groups in total.